The summed E-state index contributed by atoms with van der Waals surface area (Å²) in [6.07, 6.45) is 6.70. The number of hydrogen-bond acceptors (Lipinski definition) is 7. The topological polar surface area (TPSA) is 99.1 Å². The van der Waals surface area contributed by atoms with E-state index in [0.29, 0.717) is 62.2 Å². The second-order valence-corrected chi connectivity index (χ2v) is 10.5. The molecule has 0 fully saturated rings. The number of ketones is 1. The van der Waals surface area contributed by atoms with E-state index < -0.39 is 24.0 Å². The van der Waals surface area contributed by atoms with Crippen molar-refractivity contribution < 1.29 is 33.7 Å². The van der Waals surface area contributed by atoms with Crippen molar-refractivity contribution in [3.8, 4) is 17.2 Å². The van der Waals surface area contributed by atoms with Crippen LogP contribution in [0.5, 0.6) is 17.2 Å². The molecule has 2 aliphatic rings. The Kier molecular flexibility index (Phi) is 8.87. The van der Waals surface area contributed by atoms with E-state index in [2.05, 4.69) is 13.8 Å². The first-order valence-corrected chi connectivity index (χ1v) is 13.5. The minimum Gasteiger partial charge on any atom is -0.507 e. The number of phenols is 1. The Morgan fingerprint density at radius 1 is 1.08 bits per heavy atom. The number of rotatable bonds is 4. The summed E-state index contributed by atoms with van der Waals surface area (Å²) in [7, 11) is 0. The minimum absolute atomic E-state index is 0.0286. The van der Waals surface area contributed by atoms with E-state index in [1.807, 2.05) is 30.3 Å². The van der Waals surface area contributed by atoms with Crippen molar-refractivity contribution in [1.82, 2.24) is 0 Å². The van der Waals surface area contributed by atoms with Gasteiger partial charge in [0.05, 0.1) is 19.1 Å². The maximum atomic E-state index is 13.3. The summed E-state index contributed by atoms with van der Waals surface area (Å²) in [6, 6.07) is 9.05. The van der Waals surface area contributed by atoms with Crippen LogP contribution in [-0.2, 0) is 14.3 Å². The van der Waals surface area contributed by atoms with Gasteiger partial charge in [-0.2, -0.15) is 0 Å². The molecule has 2 heterocycles. The maximum Gasteiger partial charge on any atom is 0.342 e. The van der Waals surface area contributed by atoms with Crippen LogP contribution in [0.3, 0.4) is 0 Å². The lowest BCUT2D eigenvalue weighted by atomic mass is 9.83. The Balaban J connectivity index is 1.73. The van der Waals surface area contributed by atoms with Gasteiger partial charge in [-0.05, 0) is 67.9 Å². The lowest BCUT2D eigenvalue weighted by Crippen LogP contribution is -2.23. The SMILES string of the molecule is CC(C)COc1ccc([C@H]2CC(=O)Oc3cc4c(c(O)c32)C(=O)O[C@@H](C)CCCC(=O)CCCC=C4)cc1. The van der Waals surface area contributed by atoms with E-state index in [1.54, 1.807) is 19.1 Å². The molecule has 0 saturated heterocycles. The van der Waals surface area contributed by atoms with Crippen molar-refractivity contribution in [2.24, 2.45) is 5.92 Å². The second-order valence-electron chi connectivity index (χ2n) is 10.5. The van der Waals surface area contributed by atoms with Crippen molar-refractivity contribution >= 4 is 23.8 Å². The molecule has 0 radical (unpaired) electrons. The monoisotopic (exact) mass is 520 g/mol. The van der Waals surface area contributed by atoms with Crippen LogP contribution in [0, 0.1) is 5.92 Å². The van der Waals surface area contributed by atoms with E-state index in [4.69, 9.17) is 14.2 Å². The molecule has 0 aromatic heterocycles. The van der Waals surface area contributed by atoms with Crippen LogP contribution in [0.25, 0.3) is 6.08 Å². The number of esters is 2. The van der Waals surface area contributed by atoms with Crippen LogP contribution < -0.4 is 9.47 Å². The predicted octanol–water partition coefficient (Wildman–Crippen LogP) is 6.35. The van der Waals surface area contributed by atoms with E-state index in [9.17, 15) is 19.5 Å². The molecule has 0 bridgehead atoms. The van der Waals surface area contributed by atoms with E-state index in [1.165, 1.54) is 0 Å². The fraction of sp³-hybridized carbons (Fsp3) is 0.452. The number of carbonyl (C=O) groups excluding carboxylic acids is 3. The lowest BCUT2D eigenvalue weighted by Gasteiger charge is -2.28. The standard InChI is InChI=1S/C31H36O7/c1-19(2)18-36-24-14-12-21(13-15-24)25-17-27(33)38-26-16-22-9-5-4-6-10-23(32)11-7-8-20(3)37-31(35)28(22)30(34)29(25)26/h5,9,12-16,19-20,25,34H,4,6-8,10-11,17-18H2,1-3H3/t20-,25+/m0/s1. The summed E-state index contributed by atoms with van der Waals surface area (Å²) in [5, 5.41) is 11.5. The fourth-order valence-electron chi connectivity index (χ4n) is 4.86. The molecule has 0 aliphatic carbocycles. The molecule has 202 valence electrons. The molecule has 0 unspecified atom stereocenters. The number of fused-ring (bicyclic) bond motifs is 2. The maximum absolute atomic E-state index is 13.3. The number of Topliss-reactive ketones (excluding diaryl/α,β-unsaturated/α-hetero) is 1. The average molecular weight is 521 g/mol. The van der Waals surface area contributed by atoms with Gasteiger partial charge in [-0.3, -0.25) is 9.59 Å². The molecule has 2 aromatic rings. The summed E-state index contributed by atoms with van der Waals surface area (Å²) in [6.45, 7) is 6.52. The van der Waals surface area contributed by atoms with Crippen molar-refractivity contribution in [2.75, 3.05) is 6.61 Å². The Morgan fingerprint density at radius 3 is 2.55 bits per heavy atom. The van der Waals surface area contributed by atoms with E-state index >= 15 is 0 Å². The summed E-state index contributed by atoms with van der Waals surface area (Å²) in [4.78, 5) is 38.0. The molecule has 4 rings (SSSR count). The van der Waals surface area contributed by atoms with Crippen LogP contribution in [0.15, 0.2) is 36.4 Å². The van der Waals surface area contributed by atoms with Gasteiger partial charge in [-0.25, -0.2) is 4.79 Å². The largest absolute Gasteiger partial charge is 0.507 e. The van der Waals surface area contributed by atoms with Crippen molar-refractivity contribution in [2.45, 2.75) is 77.7 Å². The predicted molar refractivity (Wildman–Crippen MR) is 144 cm³/mol. The number of hydrogen-bond donors (Lipinski definition) is 1. The number of benzene rings is 2. The van der Waals surface area contributed by atoms with E-state index in [-0.39, 0.29) is 29.3 Å². The van der Waals surface area contributed by atoms with Crippen LogP contribution in [0.2, 0.25) is 0 Å². The lowest BCUT2D eigenvalue weighted by molar-refractivity contribution is -0.135. The van der Waals surface area contributed by atoms with Gasteiger partial charge in [0.1, 0.15) is 28.6 Å². The smallest absolute Gasteiger partial charge is 0.342 e. The number of ether oxygens (including phenoxy) is 3. The Labute approximate surface area is 223 Å². The van der Waals surface area contributed by atoms with Crippen molar-refractivity contribution in [3.63, 3.8) is 0 Å². The molecule has 1 N–H and O–H groups in total. The van der Waals surface area contributed by atoms with Crippen LogP contribution in [-0.4, -0.2) is 35.5 Å². The summed E-state index contributed by atoms with van der Waals surface area (Å²) < 4.78 is 17.0. The number of aromatic hydroxyl groups is 1. The van der Waals surface area contributed by atoms with Gasteiger partial charge >= 0.3 is 11.9 Å². The van der Waals surface area contributed by atoms with Gasteiger partial charge in [-0.15, -0.1) is 0 Å². The summed E-state index contributed by atoms with van der Waals surface area (Å²) in [5.41, 5.74) is 1.66. The molecular weight excluding hydrogens is 484 g/mol. The van der Waals surface area contributed by atoms with E-state index in [0.717, 1.165) is 11.3 Å². The zero-order chi connectivity index (χ0) is 27.2. The number of phenolic OH excluding ortho intramolecular Hbond substituents is 1. The molecule has 2 atom stereocenters. The molecule has 0 amide bonds. The highest BCUT2D eigenvalue weighted by atomic mass is 16.5. The zero-order valence-electron chi connectivity index (χ0n) is 22.3. The van der Waals surface area contributed by atoms with Crippen LogP contribution in [0.1, 0.15) is 98.7 Å². The average Bonchev–Trinajstić information content (AvgIpc) is 2.86. The number of cyclic esters (lactones) is 1. The van der Waals surface area contributed by atoms with Gasteiger partial charge in [-0.1, -0.05) is 38.1 Å². The number of allylic oxidation sites excluding steroid dienone is 1. The van der Waals surface area contributed by atoms with Crippen molar-refractivity contribution in [3.05, 3.63) is 58.7 Å². The van der Waals surface area contributed by atoms with Crippen molar-refractivity contribution in [1.29, 1.82) is 0 Å². The molecule has 38 heavy (non-hydrogen) atoms. The molecular formula is C31H36O7. The minimum atomic E-state index is -0.645. The summed E-state index contributed by atoms with van der Waals surface area (Å²) in [5.74, 6) is -0.248. The Bertz CT molecular complexity index is 1210. The van der Waals surface area contributed by atoms with Gasteiger partial charge in [0, 0.05) is 24.3 Å². The molecule has 7 heteroatoms. The highest BCUT2D eigenvalue weighted by Crippen LogP contribution is 2.47. The first-order valence-electron chi connectivity index (χ1n) is 13.5. The molecule has 2 aliphatic heterocycles. The molecule has 2 aromatic carbocycles. The normalized spacial score (nSPS) is 20.7. The first kappa shape index (κ1) is 27.4. The van der Waals surface area contributed by atoms with Crippen LogP contribution in [0.4, 0.5) is 0 Å². The highest BCUT2D eigenvalue weighted by Gasteiger charge is 2.35. The molecule has 7 nitrogen and oxygen atoms in total. The fourth-order valence-corrected chi connectivity index (χ4v) is 4.86. The zero-order valence-corrected chi connectivity index (χ0v) is 22.3. The Hall–Kier alpha value is -3.61. The second kappa shape index (κ2) is 12.3. The van der Waals surface area contributed by atoms with Gasteiger partial charge in [0.15, 0.2) is 0 Å². The van der Waals surface area contributed by atoms with Gasteiger partial charge < -0.3 is 19.3 Å². The Morgan fingerprint density at radius 2 is 1.82 bits per heavy atom. The molecule has 0 saturated carbocycles. The third-order valence-corrected chi connectivity index (χ3v) is 6.84. The van der Waals surface area contributed by atoms with Crippen LogP contribution >= 0.6 is 0 Å². The molecule has 0 spiro atoms. The van der Waals surface area contributed by atoms with Gasteiger partial charge in [0.2, 0.25) is 0 Å². The quantitative estimate of drug-likeness (QED) is 0.370. The first-order chi connectivity index (χ1) is 18.2. The third kappa shape index (κ3) is 6.63. The highest BCUT2D eigenvalue weighted by molar-refractivity contribution is 5.98. The van der Waals surface area contributed by atoms with Gasteiger partial charge in [0.25, 0.3) is 0 Å². The third-order valence-electron chi connectivity index (χ3n) is 6.84. The number of carbonyl (C=O) groups is 3. The summed E-state index contributed by atoms with van der Waals surface area (Å²) >= 11 is 0.